The summed E-state index contributed by atoms with van der Waals surface area (Å²) in [6.07, 6.45) is 0.964. The molecule has 0 radical (unpaired) electrons. The van der Waals surface area contributed by atoms with Crippen LogP contribution in [0.15, 0.2) is 12.2 Å². The fourth-order valence-electron chi connectivity index (χ4n) is 1.41. The van der Waals surface area contributed by atoms with E-state index in [1.54, 1.807) is 6.92 Å². The monoisotopic (exact) mass is 153 g/mol. The molecule has 1 heterocycles. The smallest absolute Gasteiger partial charge is 0.174 e. The molecule has 0 aromatic heterocycles. The van der Waals surface area contributed by atoms with Gasteiger partial charge in [-0.2, -0.15) is 0 Å². The molecule has 1 aliphatic rings. The molecule has 1 saturated heterocycles. The van der Waals surface area contributed by atoms with Crippen LogP contribution in [0.5, 0.6) is 0 Å². The second kappa shape index (κ2) is 3.18. The Labute approximate surface area is 67.7 Å². The third-order valence-corrected chi connectivity index (χ3v) is 2.09. The quantitative estimate of drug-likeness (QED) is 0.602. The number of hydrogen-bond donors (Lipinski definition) is 1. The first-order chi connectivity index (χ1) is 5.11. The van der Waals surface area contributed by atoms with Gasteiger partial charge in [-0.05, 0) is 31.4 Å². The number of nitrogens with one attached hydrogen (secondary N) is 1. The summed E-state index contributed by atoms with van der Waals surface area (Å²) in [4.78, 5) is 11.3. The fourth-order valence-corrected chi connectivity index (χ4v) is 1.41. The van der Waals surface area contributed by atoms with Crippen molar-refractivity contribution >= 4 is 5.78 Å². The first-order valence-corrected chi connectivity index (χ1v) is 4.04. The highest BCUT2D eigenvalue weighted by molar-refractivity contribution is 5.98. The van der Waals surface area contributed by atoms with E-state index in [2.05, 4.69) is 18.8 Å². The molecule has 1 rings (SSSR count). The summed E-state index contributed by atoms with van der Waals surface area (Å²) in [7, 11) is 0. The third-order valence-electron chi connectivity index (χ3n) is 2.09. The molecule has 2 nitrogen and oxygen atoms in total. The highest BCUT2D eigenvalue weighted by Crippen LogP contribution is 2.15. The van der Waals surface area contributed by atoms with Crippen LogP contribution in [-0.4, -0.2) is 18.4 Å². The summed E-state index contributed by atoms with van der Waals surface area (Å²) >= 11 is 0. The maximum Gasteiger partial charge on any atom is 0.174 e. The van der Waals surface area contributed by atoms with Crippen molar-refractivity contribution in [2.75, 3.05) is 6.54 Å². The predicted molar refractivity (Wildman–Crippen MR) is 45.4 cm³/mol. The molecule has 0 aromatic carbocycles. The Hall–Kier alpha value is -0.630. The van der Waals surface area contributed by atoms with Crippen molar-refractivity contribution in [3.63, 3.8) is 0 Å². The van der Waals surface area contributed by atoms with Gasteiger partial charge in [0.15, 0.2) is 5.78 Å². The van der Waals surface area contributed by atoms with Crippen LogP contribution in [0, 0.1) is 5.92 Å². The van der Waals surface area contributed by atoms with Crippen molar-refractivity contribution in [1.29, 1.82) is 0 Å². The normalized spacial score (nSPS) is 30.4. The lowest BCUT2D eigenvalue weighted by Crippen LogP contribution is -2.30. The number of rotatable bonds is 2. The van der Waals surface area contributed by atoms with E-state index in [0.29, 0.717) is 11.5 Å². The molecule has 0 spiro atoms. The van der Waals surface area contributed by atoms with Crippen LogP contribution in [0.25, 0.3) is 0 Å². The molecule has 2 heteroatoms. The molecule has 2 unspecified atom stereocenters. The summed E-state index contributed by atoms with van der Waals surface area (Å²) in [5, 5.41) is 3.18. The van der Waals surface area contributed by atoms with Gasteiger partial charge in [0, 0.05) is 0 Å². The van der Waals surface area contributed by atoms with Crippen molar-refractivity contribution in [1.82, 2.24) is 5.32 Å². The summed E-state index contributed by atoms with van der Waals surface area (Å²) in [6.45, 7) is 8.52. The van der Waals surface area contributed by atoms with Crippen molar-refractivity contribution in [3.8, 4) is 0 Å². The zero-order valence-corrected chi connectivity index (χ0v) is 7.18. The molecular formula is C9H15NO. The van der Waals surface area contributed by atoms with Crippen LogP contribution < -0.4 is 5.32 Å². The van der Waals surface area contributed by atoms with Crippen LogP contribution in [-0.2, 0) is 4.79 Å². The first kappa shape index (κ1) is 8.47. The van der Waals surface area contributed by atoms with Crippen molar-refractivity contribution in [2.45, 2.75) is 26.3 Å². The minimum Gasteiger partial charge on any atom is -0.307 e. The zero-order valence-electron chi connectivity index (χ0n) is 7.18. The lowest BCUT2D eigenvalue weighted by Gasteiger charge is -2.07. The molecule has 0 aliphatic carbocycles. The fraction of sp³-hybridized carbons (Fsp3) is 0.667. The molecule has 0 aromatic rings. The second-order valence-electron chi connectivity index (χ2n) is 3.45. The molecule has 1 N–H and O–H groups in total. The van der Waals surface area contributed by atoms with Gasteiger partial charge in [0.05, 0.1) is 6.04 Å². The first-order valence-electron chi connectivity index (χ1n) is 4.04. The van der Waals surface area contributed by atoms with Gasteiger partial charge in [0.25, 0.3) is 0 Å². The maximum atomic E-state index is 11.3. The summed E-state index contributed by atoms with van der Waals surface area (Å²) in [5.41, 5.74) is 0.664. The highest BCUT2D eigenvalue weighted by Gasteiger charge is 2.26. The van der Waals surface area contributed by atoms with Crippen molar-refractivity contribution < 1.29 is 4.79 Å². The van der Waals surface area contributed by atoms with Gasteiger partial charge in [-0.1, -0.05) is 13.5 Å². The number of hydrogen-bond acceptors (Lipinski definition) is 2. The lowest BCUT2D eigenvalue weighted by molar-refractivity contribution is -0.117. The Kier molecular flexibility index (Phi) is 2.45. The Morgan fingerprint density at radius 2 is 2.27 bits per heavy atom. The Bertz CT molecular complexity index is 186. The molecule has 1 fully saturated rings. The van der Waals surface area contributed by atoms with Gasteiger partial charge in [0.2, 0.25) is 0 Å². The summed E-state index contributed by atoms with van der Waals surface area (Å²) in [5.74, 6) is 0.803. The summed E-state index contributed by atoms with van der Waals surface area (Å²) in [6, 6.07) is 0.0440. The average Bonchev–Trinajstić information content (AvgIpc) is 2.34. The second-order valence-corrected chi connectivity index (χ2v) is 3.45. The van der Waals surface area contributed by atoms with E-state index in [1.807, 2.05) is 0 Å². The van der Waals surface area contributed by atoms with E-state index < -0.39 is 0 Å². The number of carbonyl (C=O) groups excluding carboxylic acids is 1. The van der Waals surface area contributed by atoms with Gasteiger partial charge < -0.3 is 5.32 Å². The van der Waals surface area contributed by atoms with E-state index in [-0.39, 0.29) is 11.8 Å². The largest absolute Gasteiger partial charge is 0.307 e. The maximum absolute atomic E-state index is 11.3. The summed E-state index contributed by atoms with van der Waals surface area (Å²) < 4.78 is 0. The van der Waals surface area contributed by atoms with Gasteiger partial charge in [-0.25, -0.2) is 0 Å². The molecule has 0 amide bonds. The molecule has 11 heavy (non-hydrogen) atoms. The van der Waals surface area contributed by atoms with Gasteiger partial charge in [0.1, 0.15) is 0 Å². The van der Waals surface area contributed by atoms with E-state index in [1.165, 1.54) is 0 Å². The molecule has 0 bridgehead atoms. The van der Waals surface area contributed by atoms with E-state index in [0.717, 1.165) is 13.0 Å². The zero-order chi connectivity index (χ0) is 8.43. The Morgan fingerprint density at radius 3 is 2.64 bits per heavy atom. The van der Waals surface area contributed by atoms with Crippen molar-refractivity contribution in [2.24, 2.45) is 5.92 Å². The van der Waals surface area contributed by atoms with Crippen LogP contribution in [0.2, 0.25) is 0 Å². The van der Waals surface area contributed by atoms with E-state index in [4.69, 9.17) is 0 Å². The SMILES string of the molecule is C=C(C)C(=O)C1CC(C)CN1. The number of Topliss-reactive ketones (excluding diaryl/α,β-unsaturated/α-hetero) is 1. The van der Waals surface area contributed by atoms with E-state index >= 15 is 0 Å². The topological polar surface area (TPSA) is 29.1 Å². The van der Waals surface area contributed by atoms with E-state index in [9.17, 15) is 4.79 Å². The Balaban J connectivity index is 2.50. The highest BCUT2D eigenvalue weighted by atomic mass is 16.1. The van der Waals surface area contributed by atoms with Crippen LogP contribution in [0.3, 0.4) is 0 Å². The molecule has 62 valence electrons. The minimum absolute atomic E-state index is 0.0440. The van der Waals surface area contributed by atoms with Crippen LogP contribution in [0.1, 0.15) is 20.3 Å². The lowest BCUT2D eigenvalue weighted by atomic mass is 10.0. The average molecular weight is 153 g/mol. The predicted octanol–water partition coefficient (Wildman–Crippen LogP) is 1.13. The van der Waals surface area contributed by atoms with Gasteiger partial charge in [-0.15, -0.1) is 0 Å². The molecule has 1 aliphatic heterocycles. The van der Waals surface area contributed by atoms with Crippen molar-refractivity contribution in [3.05, 3.63) is 12.2 Å². The number of ketones is 1. The Morgan fingerprint density at radius 1 is 1.64 bits per heavy atom. The van der Waals surface area contributed by atoms with Crippen LogP contribution in [0.4, 0.5) is 0 Å². The molecule has 0 saturated carbocycles. The molecule has 2 atom stereocenters. The van der Waals surface area contributed by atoms with Crippen LogP contribution >= 0.6 is 0 Å². The standard InChI is InChI=1S/C9H15NO/c1-6(2)9(11)8-4-7(3)5-10-8/h7-8,10H,1,4-5H2,2-3H3. The minimum atomic E-state index is 0.0440. The number of carbonyl (C=O) groups is 1. The van der Waals surface area contributed by atoms with Gasteiger partial charge >= 0.3 is 0 Å². The van der Waals surface area contributed by atoms with Gasteiger partial charge in [-0.3, -0.25) is 4.79 Å². The third kappa shape index (κ3) is 1.90. The molecular weight excluding hydrogens is 138 g/mol.